The molecule has 1 saturated heterocycles. The summed E-state index contributed by atoms with van der Waals surface area (Å²) >= 11 is 2.23. The molecule has 1 N–H and O–H groups in total. The van der Waals surface area contributed by atoms with Gasteiger partial charge in [-0.3, -0.25) is 14.5 Å². The Morgan fingerprint density at radius 2 is 1.95 bits per heavy atom. The lowest BCUT2D eigenvalue weighted by atomic mass is 9.78. The molecule has 3 rings (SSSR count). The van der Waals surface area contributed by atoms with Crippen molar-refractivity contribution >= 4 is 40.1 Å². The third-order valence-corrected chi connectivity index (χ3v) is 5.22. The number of piperazine rings is 1. The van der Waals surface area contributed by atoms with Crippen LogP contribution < -0.4 is 10.2 Å². The smallest absolute Gasteiger partial charge is 0.253 e. The zero-order valence-electron chi connectivity index (χ0n) is 12.1. The summed E-state index contributed by atoms with van der Waals surface area (Å²) < 4.78 is 1.06. The molecule has 2 fully saturated rings. The lowest BCUT2D eigenvalue weighted by molar-refractivity contribution is -0.139. The van der Waals surface area contributed by atoms with Crippen LogP contribution in [0.15, 0.2) is 24.3 Å². The second-order valence-corrected chi connectivity index (χ2v) is 7.21. The van der Waals surface area contributed by atoms with E-state index in [-0.39, 0.29) is 11.8 Å². The third kappa shape index (κ3) is 2.56. The van der Waals surface area contributed by atoms with Gasteiger partial charge in [-0.05, 0) is 60.6 Å². The predicted octanol–water partition coefficient (Wildman–Crippen LogP) is 2.85. The number of nitrogens with one attached hydrogen (secondary N) is 1. The van der Waals surface area contributed by atoms with Crippen LogP contribution in [0.4, 0.5) is 5.69 Å². The molecule has 2 amide bonds. The van der Waals surface area contributed by atoms with Gasteiger partial charge in [-0.2, -0.15) is 0 Å². The van der Waals surface area contributed by atoms with Gasteiger partial charge in [0.05, 0.1) is 0 Å². The first-order valence-electron chi connectivity index (χ1n) is 7.45. The number of halogens is 1. The van der Waals surface area contributed by atoms with E-state index in [1.165, 1.54) is 0 Å². The van der Waals surface area contributed by atoms with E-state index in [2.05, 4.69) is 27.9 Å². The van der Waals surface area contributed by atoms with E-state index < -0.39 is 11.6 Å². The molecule has 1 aromatic carbocycles. The van der Waals surface area contributed by atoms with Crippen molar-refractivity contribution in [1.82, 2.24) is 5.32 Å². The summed E-state index contributed by atoms with van der Waals surface area (Å²) in [6, 6.07) is 7.33. The van der Waals surface area contributed by atoms with Gasteiger partial charge in [0.1, 0.15) is 11.6 Å². The number of hydrogen-bond donors (Lipinski definition) is 1. The van der Waals surface area contributed by atoms with Crippen molar-refractivity contribution in [3.05, 3.63) is 27.8 Å². The fraction of sp³-hybridized carbons (Fsp3) is 0.500. The largest absolute Gasteiger partial charge is 0.340 e. The van der Waals surface area contributed by atoms with Gasteiger partial charge in [0.2, 0.25) is 5.91 Å². The Hall–Kier alpha value is -1.11. The molecule has 1 atom stereocenters. The highest BCUT2D eigenvalue weighted by Crippen LogP contribution is 2.35. The molecular formula is C16H19IN2O2. The standard InChI is InChI=1S/C16H19IN2O2/c1-11-14(20)18-16(8-3-2-4-9-16)15(21)19(11)13-7-5-6-12(17)10-13/h5-7,10-11H,2-4,8-9H2,1H3,(H,18,20). The molecule has 0 aromatic heterocycles. The average Bonchev–Trinajstić information content (AvgIpc) is 2.47. The number of benzene rings is 1. The first-order chi connectivity index (χ1) is 10.0. The Balaban J connectivity index is 2.01. The Labute approximate surface area is 138 Å². The molecule has 21 heavy (non-hydrogen) atoms. The number of nitrogens with zero attached hydrogens (tertiary/aromatic N) is 1. The van der Waals surface area contributed by atoms with Gasteiger partial charge in [0.15, 0.2) is 0 Å². The maximum absolute atomic E-state index is 13.1. The van der Waals surface area contributed by atoms with Gasteiger partial charge in [-0.25, -0.2) is 0 Å². The van der Waals surface area contributed by atoms with Crippen molar-refractivity contribution < 1.29 is 9.59 Å². The highest BCUT2D eigenvalue weighted by molar-refractivity contribution is 14.1. The molecule has 0 radical (unpaired) electrons. The van der Waals surface area contributed by atoms with Gasteiger partial charge in [0.25, 0.3) is 5.91 Å². The molecule has 5 heteroatoms. The summed E-state index contributed by atoms with van der Waals surface area (Å²) in [6.45, 7) is 1.79. The fourth-order valence-corrected chi connectivity index (χ4v) is 3.91. The maximum atomic E-state index is 13.1. The number of hydrogen-bond acceptors (Lipinski definition) is 2. The Bertz CT molecular complexity index is 581. The molecule has 1 aliphatic carbocycles. The van der Waals surface area contributed by atoms with Gasteiger partial charge in [-0.1, -0.05) is 25.3 Å². The molecule has 1 unspecified atom stereocenters. The molecule has 112 valence electrons. The summed E-state index contributed by atoms with van der Waals surface area (Å²) in [5.74, 6) is 0.00617. The van der Waals surface area contributed by atoms with Crippen molar-refractivity contribution in [1.29, 1.82) is 0 Å². The normalized spacial score (nSPS) is 25.0. The van der Waals surface area contributed by atoms with Crippen molar-refractivity contribution in [3.8, 4) is 0 Å². The monoisotopic (exact) mass is 398 g/mol. The van der Waals surface area contributed by atoms with E-state index >= 15 is 0 Å². The highest BCUT2D eigenvalue weighted by atomic mass is 127. The van der Waals surface area contributed by atoms with Crippen LogP contribution in [-0.4, -0.2) is 23.4 Å². The number of anilines is 1. The van der Waals surface area contributed by atoms with E-state index in [0.717, 1.165) is 41.4 Å². The maximum Gasteiger partial charge on any atom is 0.253 e. The molecule has 1 aromatic rings. The van der Waals surface area contributed by atoms with Crippen LogP contribution in [0.3, 0.4) is 0 Å². The van der Waals surface area contributed by atoms with E-state index in [9.17, 15) is 9.59 Å². The number of amides is 2. The molecular weight excluding hydrogens is 379 g/mol. The van der Waals surface area contributed by atoms with E-state index in [0.29, 0.717) is 0 Å². The van der Waals surface area contributed by atoms with Crippen molar-refractivity contribution in [2.75, 3.05) is 4.90 Å². The van der Waals surface area contributed by atoms with Crippen molar-refractivity contribution in [2.45, 2.75) is 50.6 Å². The van der Waals surface area contributed by atoms with Crippen LogP contribution in [-0.2, 0) is 9.59 Å². The topological polar surface area (TPSA) is 49.4 Å². The molecule has 1 heterocycles. The van der Waals surface area contributed by atoms with Crippen LogP contribution in [0.5, 0.6) is 0 Å². The van der Waals surface area contributed by atoms with Crippen LogP contribution in [0.25, 0.3) is 0 Å². The Morgan fingerprint density at radius 1 is 1.24 bits per heavy atom. The molecule has 1 spiro atoms. The first kappa shape index (κ1) is 14.8. The second kappa shape index (κ2) is 5.59. The minimum Gasteiger partial charge on any atom is -0.340 e. The van der Waals surface area contributed by atoms with E-state index in [4.69, 9.17) is 0 Å². The second-order valence-electron chi connectivity index (χ2n) is 5.96. The summed E-state index contributed by atoms with van der Waals surface area (Å²) in [6.07, 6.45) is 4.65. The lowest BCUT2D eigenvalue weighted by Gasteiger charge is -2.46. The minimum absolute atomic E-state index is 0.0460. The van der Waals surface area contributed by atoms with Gasteiger partial charge in [-0.15, -0.1) is 0 Å². The summed E-state index contributed by atoms with van der Waals surface area (Å²) in [5, 5.41) is 3.01. The zero-order chi connectivity index (χ0) is 15.0. The number of rotatable bonds is 1. The highest BCUT2D eigenvalue weighted by Gasteiger charge is 2.50. The molecule has 0 bridgehead atoms. The minimum atomic E-state index is -0.677. The fourth-order valence-electron chi connectivity index (χ4n) is 3.38. The lowest BCUT2D eigenvalue weighted by Crippen LogP contribution is -2.70. The average molecular weight is 398 g/mol. The molecule has 1 aliphatic heterocycles. The van der Waals surface area contributed by atoms with Crippen molar-refractivity contribution in [2.24, 2.45) is 0 Å². The molecule has 4 nitrogen and oxygen atoms in total. The molecule has 2 aliphatic rings. The molecule has 1 saturated carbocycles. The Morgan fingerprint density at radius 3 is 2.62 bits per heavy atom. The summed E-state index contributed by atoms with van der Waals surface area (Å²) in [5.41, 5.74) is 0.141. The van der Waals surface area contributed by atoms with Crippen LogP contribution in [0.2, 0.25) is 0 Å². The third-order valence-electron chi connectivity index (χ3n) is 4.55. The van der Waals surface area contributed by atoms with Gasteiger partial charge >= 0.3 is 0 Å². The van der Waals surface area contributed by atoms with Crippen LogP contribution >= 0.6 is 22.6 Å². The van der Waals surface area contributed by atoms with Gasteiger partial charge in [0, 0.05) is 9.26 Å². The van der Waals surface area contributed by atoms with Crippen LogP contribution in [0, 0.1) is 3.57 Å². The number of carbonyl (C=O) groups is 2. The first-order valence-corrected chi connectivity index (χ1v) is 8.53. The predicted molar refractivity (Wildman–Crippen MR) is 90.1 cm³/mol. The zero-order valence-corrected chi connectivity index (χ0v) is 14.2. The summed E-state index contributed by atoms with van der Waals surface area (Å²) in [4.78, 5) is 27.1. The number of carbonyl (C=O) groups excluding carboxylic acids is 2. The van der Waals surface area contributed by atoms with E-state index in [1.807, 2.05) is 24.3 Å². The quantitative estimate of drug-likeness (QED) is 0.740. The Kier molecular flexibility index (Phi) is 3.94. The van der Waals surface area contributed by atoms with Gasteiger partial charge < -0.3 is 5.32 Å². The van der Waals surface area contributed by atoms with Crippen LogP contribution in [0.1, 0.15) is 39.0 Å². The summed E-state index contributed by atoms with van der Waals surface area (Å²) in [7, 11) is 0. The van der Waals surface area contributed by atoms with E-state index in [1.54, 1.807) is 11.8 Å². The van der Waals surface area contributed by atoms with Crippen molar-refractivity contribution in [3.63, 3.8) is 0 Å². The SMILES string of the molecule is CC1C(=O)NC2(CCCCC2)C(=O)N1c1cccc(I)c1.